The molecular weight excluding hydrogens is 372 g/mol. The zero-order valence-electron chi connectivity index (χ0n) is 16.8. The maximum absolute atomic E-state index is 13.4. The van der Waals surface area contributed by atoms with E-state index in [2.05, 4.69) is 0 Å². The van der Waals surface area contributed by atoms with Crippen LogP contribution in [0.1, 0.15) is 25.2 Å². The number of carbonyl (C=O) groups excluding carboxylic acids is 2. The number of para-hydroxylation sites is 1. The number of hydrogen-bond acceptors (Lipinski definition) is 6. The number of benzene rings is 1. The minimum Gasteiger partial charge on any atom is -0.496 e. The van der Waals surface area contributed by atoms with Crippen LogP contribution in [0.3, 0.4) is 0 Å². The first-order valence-corrected chi connectivity index (χ1v) is 9.66. The van der Waals surface area contributed by atoms with E-state index in [1.165, 1.54) is 11.2 Å². The lowest BCUT2D eigenvalue weighted by Crippen LogP contribution is -2.46. The summed E-state index contributed by atoms with van der Waals surface area (Å²) in [5, 5.41) is 0. The summed E-state index contributed by atoms with van der Waals surface area (Å²) in [5.74, 6) is 0.428. The zero-order chi connectivity index (χ0) is 20.5. The molecule has 1 aromatic heterocycles. The van der Waals surface area contributed by atoms with Crippen LogP contribution in [0.25, 0.3) is 5.57 Å². The topological polar surface area (TPSA) is 72.2 Å². The summed E-state index contributed by atoms with van der Waals surface area (Å²) in [6.07, 6.45) is 1.43. The lowest BCUT2D eigenvalue weighted by molar-refractivity contribution is -0.139. The van der Waals surface area contributed by atoms with E-state index < -0.39 is 0 Å². The van der Waals surface area contributed by atoms with Crippen LogP contribution < -0.4 is 4.74 Å². The molecule has 2 aliphatic heterocycles. The van der Waals surface area contributed by atoms with Crippen LogP contribution in [0.15, 0.2) is 52.8 Å². The summed E-state index contributed by atoms with van der Waals surface area (Å²) in [7, 11) is 1.56. The van der Waals surface area contributed by atoms with Gasteiger partial charge in [-0.15, -0.1) is 0 Å². The fourth-order valence-electron chi connectivity index (χ4n) is 4.01. The number of ether oxygens (including phenoxy) is 2. The monoisotopic (exact) mass is 396 g/mol. The molecule has 7 nitrogen and oxygen atoms in total. The third kappa shape index (κ3) is 3.53. The molecule has 2 atom stereocenters. The maximum Gasteiger partial charge on any atom is 0.278 e. The van der Waals surface area contributed by atoms with Crippen LogP contribution in [0.2, 0.25) is 0 Å². The van der Waals surface area contributed by atoms with Gasteiger partial charge in [0.2, 0.25) is 0 Å². The van der Waals surface area contributed by atoms with Gasteiger partial charge in [-0.3, -0.25) is 14.5 Å². The van der Waals surface area contributed by atoms with Gasteiger partial charge in [-0.2, -0.15) is 0 Å². The van der Waals surface area contributed by atoms with Gasteiger partial charge in [0.05, 0.1) is 37.7 Å². The highest BCUT2D eigenvalue weighted by molar-refractivity contribution is 6.35. The predicted molar refractivity (Wildman–Crippen MR) is 106 cm³/mol. The summed E-state index contributed by atoms with van der Waals surface area (Å²) in [5.41, 5.74) is 1.37. The molecule has 0 N–H and O–H groups in total. The molecule has 1 aromatic carbocycles. The Kier molecular flexibility index (Phi) is 5.15. The molecule has 0 spiro atoms. The minimum absolute atomic E-state index is 0.0489. The molecule has 0 saturated carbocycles. The van der Waals surface area contributed by atoms with Crippen molar-refractivity contribution in [3.8, 4) is 5.75 Å². The van der Waals surface area contributed by atoms with E-state index in [0.717, 1.165) is 0 Å². The van der Waals surface area contributed by atoms with E-state index >= 15 is 0 Å². The van der Waals surface area contributed by atoms with Crippen molar-refractivity contribution in [2.75, 3.05) is 20.2 Å². The van der Waals surface area contributed by atoms with Gasteiger partial charge in [-0.1, -0.05) is 18.2 Å². The van der Waals surface area contributed by atoms with E-state index in [4.69, 9.17) is 13.9 Å². The van der Waals surface area contributed by atoms with E-state index in [-0.39, 0.29) is 30.6 Å². The molecule has 0 aliphatic carbocycles. The van der Waals surface area contributed by atoms with Crippen molar-refractivity contribution < 1.29 is 23.5 Å². The smallest absolute Gasteiger partial charge is 0.278 e. The standard InChI is InChI=1S/C22H24N2O5/c1-14-11-23(12-15(2)29-14)20-19(17-8-4-5-9-18(17)27-3)21(25)24(22(20)26)13-16-7-6-10-28-16/h4-10,14-15H,11-13H2,1-3H3. The molecule has 0 bridgehead atoms. The third-order valence-electron chi connectivity index (χ3n) is 5.15. The van der Waals surface area contributed by atoms with E-state index in [1.807, 2.05) is 36.9 Å². The van der Waals surface area contributed by atoms with E-state index in [1.54, 1.807) is 25.3 Å². The molecule has 152 valence electrons. The molecule has 1 fully saturated rings. The maximum atomic E-state index is 13.4. The van der Waals surface area contributed by atoms with E-state index in [9.17, 15) is 9.59 Å². The van der Waals surface area contributed by atoms with E-state index in [0.29, 0.717) is 41.4 Å². The van der Waals surface area contributed by atoms with Gasteiger partial charge in [0.15, 0.2) is 0 Å². The number of hydrogen-bond donors (Lipinski definition) is 0. The van der Waals surface area contributed by atoms with Gasteiger partial charge in [0.1, 0.15) is 17.2 Å². The zero-order valence-corrected chi connectivity index (χ0v) is 16.8. The molecular formula is C22H24N2O5. The first kappa shape index (κ1) is 19.3. The Bertz CT molecular complexity index is 940. The lowest BCUT2D eigenvalue weighted by Gasteiger charge is -2.37. The molecule has 2 aliphatic rings. The number of nitrogens with zero attached hydrogens (tertiary/aromatic N) is 2. The Hall–Kier alpha value is -3.06. The van der Waals surface area contributed by atoms with Crippen LogP contribution >= 0.6 is 0 Å². The molecule has 4 rings (SSSR count). The Labute approximate surface area is 169 Å². The number of amides is 2. The van der Waals surface area contributed by atoms with Crippen molar-refractivity contribution in [1.82, 2.24) is 9.80 Å². The number of rotatable bonds is 5. The second-order valence-electron chi connectivity index (χ2n) is 7.36. The average molecular weight is 396 g/mol. The molecule has 7 heteroatoms. The van der Waals surface area contributed by atoms with Gasteiger partial charge < -0.3 is 18.8 Å². The first-order chi connectivity index (χ1) is 14.0. The number of furan rings is 1. The molecule has 2 unspecified atom stereocenters. The number of morpholine rings is 1. The van der Waals surface area contributed by atoms with Gasteiger partial charge in [0, 0.05) is 18.7 Å². The average Bonchev–Trinajstić information content (AvgIpc) is 3.29. The SMILES string of the molecule is COc1ccccc1C1=C(N2CC(C)OC(C)C2)C(=O)N(Cc2ccco2)C1=O. The molecule has 2 amide bonds. The molecule has 3 heterocycles. The fourth-order valence-corrected chi connectivity index (χ4v) is 4.01. The number of imide groups is 1. The largest absolute Gasteiger partial charge is 0.496 e. The van der Waals surface area contributed by atoms with Gasteiger partial charge >= 0.3 is 0 Å². The van der Waals surface area contributed by atoms with Crippen LogP contribution in [0, 0.1) is 0 Å². The molecule has 29 heavy (non-hydrogen) atoms. The highest BCUT2D eigenvalue weighted by atomic mass is 16.5. The van der Waals surface area contributed by atoms with Crippen molar-refractivity contribution >= 4 is 17.4 Å². The van der Waals surface area contributed by atoms with Crippen molar-refractivity contribution in [2.45, 2.75) is 32.6 Å². The van der Waals surface area contributed by atoms with Crippen LogP contribution in [-0.2, 0) is 20.9 Å². The van der Waals surface area contributed by atoms with Crippen molar-refractivity contribution in [1.29, 1.82) is 0 Å². The second kappa shape index (κ2) is 7.75. The highest BCUT2D eigenvalue weighted by Crippen LogP contribution is 2.37. The Morgan fingerprint density at radius 1 is 1.03 bits per heavy atom. The van der Waals surface area contributed by atoms with Crippen molar-refractivity contribution in [3.05, 3.63) is 59.7 Å². The summed E-state index contributed by atoms with van der Waals surface area (Å²) < 4.78 is 16.7. The quantitative estimate of drug-likeness (QED) is 0.724. The first-order valence-electron chi connectivity index (χ1n) is 9.66. The summed E-state index contributed by atoms with van der Waals surface area (Å²) in [4.78, 5) is 30.0. The van der Waals surface area contributed by atoms with Gasteiger partial charge in [-0.25, -0.2) is 0 Å². The summed E-state index contributed by atoms with van der Waals surface area (Å²) >= 11 is 0. The van der Waals surface area contributed by atoms with Gasteiger partial charge in [0.25, 0.3) is 11.8 Å². The fraction of sp³-hybridized carbons (Fsp3) is 0.364. The van der Waals surface area contributed by atoms with Crippen LogP contribution in [-0.4, -0.2) is 54.0 Å². The van der Waals surface area contributed by atoms with Crippen molar-refractivity contribution in [3.63, 3.8) is 0 Å². The minimum atomic E-state index is -0.349. The normalized spacial score (nSPS) is 22.6. The molecule has 2 aromatic rings. The third-order valence-corrected chi connectivity index (χ3v) is 5.15. The van der Waals surface area contributed by atoms with Crippen LogP contribution in [0.4, 0.5) is 0 Å². The van der Waals surface area contributed by atoms with Gasteiger partial charge in [-0.05, 0) is 32.0 Å². The Morgan fingerprint density at radius 3 is 2.41 bits per heavy atom. The summed E-state index contributed by atoms with van der Waals surface area (Å²) in [6, 6.07) is 10.8. The Balaban J connectivity index is 1.80. The second-order valence-corrected chi connectivity index (χ2v) is 7.36. The summed E-state index contributed by atoms with van der Waals surface area (Å²) in [6.45, 7) is 5.09. The van der Waals surface area contributed by atoms with Crippen molar-refractivity contribution in [2.24, 2.45) is 0 Å². The number of carbonyl (C=O) groups is 2. The Morgan fingerprint density at radius 2 is 1.76 bits per heavy atom. The van der Waals surface area contributed by atoms with Crippen LogP contribution in [0.5, 0.6) is 5.75 Å². The lowest BCUT2D eigenvalue weighted by atomic mass is 10.0. The molecule has 1 saturated heterocycles. The number of methoxy groups -OCH3 is 1. The highest BCUT2D eigenvalue weighted by Gasteiger charge is 2.44. The predicted octanol–water partition coefficient (Wildman–Crippen LogP) is 2.68. The molecule has 0 radical (unpaired) electrons.